The quantitative estimate of drug-likeness (QED) is 0.323. The first-order chi connectivity index (χ1) is 17.6. The van der Waals surface area contributed by atoms with Gasteiger partial charge < -0.3 is 19.5 Å². The van der Waals surface area contributed by atoms with Crippen LogP contribution in [0.25, 0.3) is 11.3 Å². The fourth-order valence-electron chi connectivity index (χ4n) is 3.42. The van der Waals surface area contributed by atoms with Crippen LogP contribution in [0.1, 0.15) is 31.9 Å². The predicted octanol–water partition coefficient (Wildman–Crippen LogP) is 5.11. The summed E-state index contributed by atoms with van der Waals surface area (Å²) in [6.45, 7) is 5.30. The van der Waals surface area contributed by atoms with Crippen LogP contribution in [-0.2, 0) is 32.0 Å². The molecule has 2 aromatic carbocycles. The van der Waals surface area contributed by atoms with Crippen LogP contribution in [0.5, 0.6) is 0 Å². The smallest absolute Gasteiger partial charge is 0.412 e. The number of aromatic nitrogens is 1. The van der Waals surface area contributed by atoms with Gasteiger partial charge in [-0.25, -0.2) is 14.4 Å². The lowest BCUT2D eigenvalue weighted by Gasteiger charge is -2.22. The number of alkyl carbamates (subject to hydrolysis) is 1. The molecule has 37 heavy (non-hydrogen) atoms. The number of methoxy groups -OCH3 is 1. The zero-order valence-electron chi connectivity index (χ0n) is 21.3. The SMILES string of the molecule is COC(=O)C(Cc1cc(-c2ccccc2)ncc1NC(=O)OC(C)(C)C)NC(=O)OCc1ccccc1. The third-order valence-electron chi connectivity index (χ3n) is 5.11. The molecule has 3 rings (SSSR count). The monoisotopic (exact) mass is 505 g/mol. The number of nitrogens with one attached hydrogen (secondary N) is 2. The Balaban J connectivity index is 1.84. The van der Waals surface area contributed by atoms with Gasteiger partial charge in [0, 0.05) is 12.0 Å². The summed E-state index contributed by atoms with van der Waals surface area (Å²) in [6.07, 6.45) is 0.0376. The molecule has 194 valence electrons. The Labute approximate surface area is 216 Å². The summed E-state index contributed by atoms with van der Waals surface area (Å²) in [4.78, 5) is 42.0. The van der Waals surface area contributed by atoms with E-state index in [2.05, 4.69) is 15.6 Å². The maximum atomic E-state index is 12.6. The Morgan fingerprint density at radius 2 is 1.59 bits per heavy atom. The maximum Gasteiger partial charge on any atom is 0.412 e. The van der Waals surface area contributed by atoms with Crippen molar-refractivity contribution in [3.8, 4) is 11.3 Å². The molecule has 1 heterocycles. The van der Waals surface area contributed by atoms with Crippen molar-refractivity contribution in [2.24, 2.45) is 0 Å². The minimum absolute atomic E-state index is 0.000590. The topological polar surface area (TPSA) is 116 Å². The van der Waals surface area contributed by atoms with Gasteiger partial charge in [0.05, 0.1) is 24.7 Å². The average Bonchev–Trinajstić information content (AvgIpc) is 2.87. The molecule has 0 aliphatic rings. The molecule has 3 aromatic rings. The molecule has 0 saturated carbocycles. The zero-order valence-corrected chi connectivity index (χ0v) is 21.3. The molecular formula is C28H31N3O6. The van der Waals surface area contributed by atoms with Gasteiger partial charge >= 0.3 is 18.2 Å². The average molecular weight is 506 g/mol. The second-order valence-electron chi connectivity index (χ2n) is 9.21. The van der Waals surface area contributed by atoms with Crippen molar-refractivity contribution in [2.75, 3.05) is 12.4 Å². The van der Waals surface area contributed by atoms with E-state index in [1.165, 1.54) is 13.3 Å². The number of rotatable bonds is 8. The first-order valence-electron chi connectivity index (χ1n) is 11.7. The van der Waals surface area contributed by atoms with Crippen molar-refractivity contribution in [3.05, 3.63) is 84.1 Å². The van der Waals surface area contributed by atoms with Crippen LogP contribution in [0, 0.1) is 0 Å². The van der Waals surface area contributed by atoms with E-state index in [1.54, 1.807) is 26.8 Å². The van der Waals surface area contributed by atoms with E-state index in [1.807, 2.05) is 60.7 Å². The van der Waals surface area contributed by atoms with Crippen LogP contribution in [-0.4, -0.2) is 41.9 Å². The molecule has 1 aromatic heterocycles. The van der Waals surface area contributed by atoms with Crippen LogP contribution in [0.2, 0.25) is 0 Å². The van der Waals surface area contributed by atoms with Crippen LogP contribution < -0.4 is 10.6 Å². The highest BCUT2D eigenvalue weighted by molar-refractivity contribution is 5.87. The van der Waals surface area contributed by atoms with Crippen LogP contribution in [0.15, 0.2) is 72.9 Å². The third kappa shape index (κ3) is 8.64. The van der Waals surface area contributed by atoms with Gasteiger partial charge in [-0.1, -0.05) is 60.7 Å². The molecule has 2 amide bonds. The molecule has 0 aliphatic carbocycles. The number of nitrogens with zero attached hydrogens (tertiary/aromatic N) is 1. The molecule has 0 saturated heterocycles. The van der Waals surface area contributed by atoms with Crippen LogP contribution in [0.3, 0.4) is 0 Å². The molecule has 0 fully saturated rings. The molecule has 1 unspecified atom stereocenters. The largest absolute Gasteiger partial charge is 0.467 e. The fourth-order valence-corrected chi connectivity index (χ4v) is 3.42. The Morgan fingerprint density at radius 1 is 0.946 bits per heavy atom. The summed E-state index contributed by atoms with van der Waals surface area (Å²) in [5.74, 6) is -0.669. The Bertz CT molecular complexity index is 1210. The lowest BCUT2D eigenvalue weighted by atomic mass is 10.0. The number of ether oxygens (including phenoxy) is 3. The van der Waals surface area contributed by atoms with Gasteiger partial charge in [-0.05, 0) is 38.0 Å². The molecule has 9 heteroatoms. The van der Waals surface area contributed by atoms with E-state index >= 15 is 0 Å². The van der Waals surface area contributed by atoms with Gasteiger partial charge in [0.1, 0.15) is 18.2 Å². The molecule has 9 nitrogen and oxygen atoms in total. The summed E-state index contributed by atoms with van der Waals surface area (Å²) in [6, 6.07) is 19.3. The van der Waals surface area contributed by atoms with Gasteiger partial charge in [-0.3, -0.25) is 10.3 Å². The summed E-state index contributed by atoms with van der Waals surface area (Å²) in [5, 5.41) is 5.25. The highest BCUT2D eigenvalue weighted by Gasteiger charge is 2.25. The van der Waals surface area contributed by atoms with Crippen molar-refractivity contribution in [1.82, 2.24) is 10.3 Å². The Kier molecular flexibility index (Phi) is 9.21. The third-order valence-corrected chi connectivity index (χ3v) is 5.11. The lowest BCUT2D eigenvalue weighted by molar-refractivity contribution is -0.143. The highest BCUT2D eigenvalue weighted by atomic mass is 16.6. The van der Waals surface area contributed by atoms with Crippen molar-refractivity contribution in [1.29, 1.82) is 0 Å². The lowest BCUT2D eigenvalue weighted by Crippen LogP contribution is -2.43. The van der Waals surface area contributed by atoms with E-state index < -0.39 is 29.8 Å². The molecule has 0 bridgehead atoms. The number of anilines is 1. The van der Waals surface area contributed by atoms with Crippen molar-refractivity contribution in [2.45, 2.75) is 45.4 Å². The second-order valence-corrected chi connectivity index (χ2v) is 9.21. The summed E-state index contributed by atoms with van der Waals surface area (Å²) in [7, 11) is 1.23. The molecule has 2 N–H and O–H groups in total. The number of amides is 2. The summed E-state index contributed by atoms with van der Waals surface area (Å²) >= 11 is 0. The van der Waals surface area contributed by atoms with E-state index in [0.29, 0.717) is 16.9 Å². The predicted molar refractivity (Wildman–Crippen MR) is 139 cm³/mol. The molecular weight excluding hydrogens is 474 g/mol. The summed E-state index contributed by atoms with van der Waals surface area (Å²) in [5.41, 5.74) is 2.44. The van der Waals surface area contributed by atoms with E-state index in [-0.39, 0.29) is 13.0 Å². The van der Waals surface area contributed by atoms with Crippen LogP contribution >= 0.6 is 0 Å². The van der Waals surface area contributed by atoms with E-state index in [9.17, 15) is 14.4 Å². The van der Waals surface area contributed by atoms with Gasteiger partial charge in [0.25, 0.3) is 0 Å². The number of carbonyl (C=O) groups excluding carboxylic acids is 3. The van der Waals surface area contributed by atoms with Gasteiger partial charge in [-0.15, -0.1) is 0 Å². The van der Waals surface area contributed by atoms with Crippen molar-refractivity contribution in [3.63, 3.8) is 0 Å². The highest BCUT2D eigenvalue weighted by Crippen LogP contribution is 2.25. The number of hydrogen-bond acceptors (Lipinski definition) is 7. The first kappa shape index (κ1) is 27.2. The molecule has 0 aliphatic heterocycles. The minimum atomic E-state index is -1.08. The number of hydrogen-bond donors (Lipinski definition) is 2. The van der Waals surface area contributed by atoms with Crippen LogP contribution in [0.4, 0.5) is 15.3 Å². The van der Waals surface area contributed by atoms with Gasteiger partial charge in [0.15, 0.2) is 0 Å². The van der Waals surface area contributed by atoms with Gasteiger partial charge in [0.2, 0.25) is 0 Å². The number of pyridine rings is 1. The standard InChI is InChI=1S/C28H31N3O6/c1-28(2,3)37-27(34)31-24-17-29-22(20-13-9-6-10-14-20)15-21(24)16-23(25(32)35-4)30-26(33)36-18-19-11-7-5-8-12-19/h5-15,17,23H,16,18H2,1-4H3,(H,30,33)(H,31,34). The van der Waals surface area contributed by atoms with Crippen molar-refractivity contribution < 1.29 is 28.6 Å². The summed E-state index contributed by atoms with van der Waals surface area (Å²) < 4.78 is 15.6. The molecule has 0 spiro atoms. The maximum absolute atomic E-state index is 12.6. The normalized spacial score (nSPS) is 11.7. The number of benzene rings is 2. The van der Waals surface area contributed by atoms with Crippen molar-refractivity contribution >= 4 is 23.8 Å². The molecule has 0 radical (unpaired) electrons. The second kappa shape index (κ2) is 12.5. The zero-order chi connectivity index (χ0) is 26.8. The van der Waals surface area contributed by atoms with Gasteiger partial charge in [-0.2, -0.15) is 0 Å². The Hall–Kier alpha value is -4.40. The molecule has 1 atom stereocenters. The fraction of sp³-hybridized carbons (Fsp3) is 0.286. The van der Waals surface area contributed by atoms with E-state index in [4.69, 9.17) is 14.2 Å². The number of carbonyl (C=O) groups is 3. The Morgan fingerprint density at radius 3 is 2.22 bits per heavy atom. The van der Waals surface area contributed by atoms with E-state index in [0.717, 1.165) is 11.1 Å². The first-order valence-corrected chi connectivity index (χ1v) is 11.7. The minimum Gasteiger partial charge on any atom is -0.467 e. The number of esters is 1.